The number of nitrogens with one attached hydrogen (secondary N) is 3. The first-order valence-corrected chi connectivity index (χ1v) is 14.6. The summed E-state index contributed by atoms with van der Waals surface area (Å²) < 4.78 is 0. The normalized spacial score (nSPS) is 20.1. The molecule has 1 aliphatic carbocycles. The number of aryl methyl sites for hydroxylation is 1. The first-order chi connectivity index (χ1) is 17.9. The van der Waals surface area contributed by atoms with Crippen molar-refractivity contribution in [2.75, 3.05) is 28.8 Å². The predicted molar refractivity (Wildman–Crippen MR) is 154 cm³/mol. The summed E-state index contributed by atoms with van der Waals surface area (Å²) in [6, 6.07) is 9.92. The number of hydrogen-bond donors (Lipinski definition) is 3. The number of piperidine rings is 1. The van der Waals surface area contributed by atoms with E-state index >= 15 is 0 Å². The average molecular weight is 522 g/mol. The highest BCUT2D eigenvalue weighted by molar-refractivity contribution is 7.98. The van der Waals surface area contributed by atoms with Gasteiger partial charge in [-0.2, -0.15) is 11.8 Å². The summed E-state index contributed by atoms with van der Waals surface area (Å²) in [4.78, 5) is 32.3. The second-order valence-corrected chi connectivity index (χ2v) is 11.2. The molecule has 2 unspecified atom stereocenters. The zero-order valence-electron chi connectivity index (χ0n) is 22.2. The van der Waals surface area contributed by atoms with Gasteiger partial charge in [-0.15, -0.1) is 0 Å². The van der Waals surface area contributed by atoms with E-state index in [0.717, 1.165) is 54.3 Å². The third-order valence-electron chi connectivity index (χ3n) is 7.29. The highest BCUT2D eigenvalue weighted by Gasteiger charge is 2.30. The van der Waals surface area contributed by atoms with E-state index < -0.39 is 0 Å². The molecule has 4 rings (SSSR count). The number of thioether (sulfide) groups is 1. The molecule has 1 saturated carbocycles. The Labute approximate surface area is 224 Å². The summed E-state index contributed by atoms with van der Waals surface area (Å²) >= 11 is 1.79. The lowest BCUT2D eigenvalue weighted by atomic mass is 9.95. The molecule has 8 heteroatoms. The minimum absolute atomic E-state index is 0.00286. The molecule has 2 atom stereocenters. The quantitative estimate of drug-likeness (QED) is 0.396. The van der Waals surface area contributed by atoms with Crippen LogP contribution in [0, 0.1) is 6.92 Å². The van der Waals surface area contributed by atoms with Crippen molar-refractivity contribution in [1.29, 1.82) is 0 Å². The van der Waals surface area contributed by atoms with E-state index in [9.17, 15) is 9.59 Å². The molecule has 37 heavy (non-hydrogen) atoms. The monoisotopic (exact) mass is 521 g/mol. The van der Waals surface area contributed by atoms with Crippen LogP contribution in [0.1, 0.15) is 71.7 Å². The molecule has 1 aromatic carbocycles. The van der Waals surface area contributed by atoms with E-state index in [1.807, 2.05) is 37.3 Å². The number of nitrogens with zero attached hydrogens (tertiary/aromatic N) is 2. The summed E-state index contributed by atoms with van der Waals surface area (Å²) in [5, 5.41) is 9.75. The summed E-state index contributed by atoms with van der Waals surface area (Å²) in [5.74, 6) is 1.67. The van der Waals surface area contributed by atoms with Crippen molar-refractivity contribution in [1.82, 2.24) is 15.6 Å². The lowest BCUT2D eigenvalue weighted by Gasteiger charge is -2.40. The molecule has 1 aliphatic heterocycles. The van der Waals surface area contributed by atoms with Crippen LogP contribution < -0.4 is 20.9 Å². The first kappa shape index (κ1) is 27.0. The number of aromatic nitrogens is 1. The van der Waals surface area contributed by atoms with Gasteiger partial charge < -0.3 is 20.9 Å². The minimum Gasteiger partial charge on any atom is -0.384 e. The number of carbonyl (C=O) groups excluding carboxylic acids is 2. The fraction of sp³-hybridized carbons (Fsp3) is 0.483. The molecular weight excluding hydrogens is 482 g/mol. The van der Waals surface area contributed by atoms with Gasteiger partial charge in [-0.3, -0.25) is 9.59 Å². The maximum atomic E-state index is 13.1. The second-order valence-electron chi connectivity index (χ2n) is 10.2. The Hall–Kier alpha value is -3.00. The maximum Gasteiger partial charge on any atom is 0.253 e. The molecule has 1 saturated heterocycles. The van der Waals surface area contributed by atoms with Crippen LogP contribution >= 0.6 is 11.8 Å². The van der Waals surface area contributed by atoms with Crippen molar-refractivity contribution in [3.8, 4) is 0 Å². The number of anilines is 2. The van der Waals surface area contributed by atoms with Crippen LogP contribution in [0.3, 0.4) is 0 Å². The van der Waals surface area contributed by atoms with E-state index in [4.69, 9.17) is 0 Å². The van der Waals surface area contributed by atoms with Crippen LogP contribution in [0.5, 0.6) is 0 Å². The SMILES string of the molecule is C=C1CC(NC(=O)c2ccc(C)c(NCCSC)c2)CC(C)N1c1ccc(C(=O)NC2CCCC2)cn1. The fourth-order valence-corrected chi connectivity index (χ4v) is 5.61. The largest absolute Gasteiger partial charge is 0.384 e. The van der Waals surface area contributed by atoms with Crippen LogP contribution in [0.2, 0.25) is 0 Å². The molecule has 2 aromatic rings. The standard InChI is InChI=1S/C29H39N5O2S/c1-19-9-10-22(17-26(19)30-13-14-37-4)28(35)33-25-15-20(2)34(21(3)16-25)27-12-11-23(18-31-27)29(36)32-24-7-5-6-8-24/h9-12,17-18,21,24-25,30H,2,5-8,13-16H2,1,3-4H3,(H,32,36)(H,33,35). The molecule has 2 fully saturated rings. The van der Waals surface area contributed by atoms with Crippen LogP contribution in [-0.2, 0) is 0 Å². The summed E-state index contributed by atoms with van der Waals surface area (Å²) in [6.07, 6.45) is 9.63. The zero-order valence-corrected chi connectivity index (χ0v) is 23.0. The van der Waals surface area contributed by atoms with Gasteiger partial charge in [0.1, 0.15) is 5.82 Å². The van der Waals surface area contributed by atoms with Crippen LogP contribution in [0.15, 0.2) is 48.8 Å². The molecule has 1 aromatic heterocycles. The second kappa shape index (κ2) is 12.5. The van der Waals surface area contributed by atoms with Gasteiger partial charge in [-0.25, -0.2) is 4.98 Å². The Morgan fingerprint density at radius 1 is 1.08 bits per heavy atom. The lowest BCUT2D eigenvalue weighted by molar-refractivity contribution is 0.0925. The number of benzene rings is 1. The highest BCUT2D eigenvalue weighted by atomic mass is 32.2. The molecule has 3 N–H and O–H groups in total. The molecule has 2 amide bonds. The molecule has 198 valence electrons. The van der Waals surface area contributed by atoms with Crippen molar-refractivity contribution < 1.29 is 9.59 Å². The Morgan fingerprint density at radius 2 is 1.78 bits per heavy atom. The number of hydrogen-bond acceptors (Lipinski definition) is 6. The Kier molecular flexibility index (Phi) is 9.14. The fourth-order valence-electron chi connectivity index (χ4n) is 5.30. The van der Waals surface area contributed by atoms with Gasteiger partial charge in [0.05, 0.1) is 5.56 Å². The highest BCUT2D eigenvalue weighted by Crippen LogP contribution is 2.30. The summed E-state index contributed by atoms with van der Waals surface area (Å²) in [6.45, 7) is 9.32. The summed E-state index contributed by atoms with van der Waals surface area (Å²) in [5.41, 5.74) is 4.27. The minimum atomic E-state index is -0.0675. The zero-order chi connectivity index (χ0) is 26.4. The van der Waals surface area contributed by atoms with Gasteiger partial charge in [0.15, 0.2) is 0 Å². The van der Waals surface area contributed by atoms with Gasteiger partial charge >= 0.3 is 0 Å². The van der Waals surface area contributed by atoms with Crippen LogP contribution in [-0.4, -0.2) is 53.5 Å². The predicted octanol–water partition coefficient (Wildman–Crippen LogP) is 5.14. The van der Waals surface area contributed by atoms with Crippen molar-refractivity contribution >= 4 is 35.1 Å². The topological polar surface area (TPSA) is 86.4 Å². The summed E-state index contributed by atoms with van der Waals surface area (Å²) in [7, 11) is 0. The molecule has 2 aliphatic rings. The smallest absolute Gasteiger partial charge is 0.253 e. The van der Waals surface area contributed by atoms with Gasteiger partial charge in [-0.05, 0) is 69.2 Å². The average Bonchev–Trinajstić information content (AvgIpc) is 3.38. The van der Waals surface area contributed by atoms with Gasteiger partial charge in [0.2, 0.25) is 0 Å². The third-order valence-corrected chi connectivity index (χ3v) is 7.91. The number of amides is 2. The van der Waals surface area contributed by atoms with Gasteiger partial charge in [0.25, 0.3) is 11.8 Å². The first-order valence-electron chi connectivity index (χ1n) is 13.2. The molecule has 2 heterocycles. The van der Waals surface area contributed by atoms with Crippen molar-refractivity contribution in [2.24, 2.45) is 0 Å². The Morgan fingerprint density at radius 3 is 2.46 bits per heavy atom. The van der Waals surface area contributed by atoms with Gasteiger partial charge in [0, 0.05) is 60.0 Å². The van der Waals surface area contributed by atoms with Crippen molar-refractivity contribution in [3.63, 3.8) is 0 Å². The lowest BCUT2D eigenvalue weighted by Crippen LogP contribution is -2.47. The number of carbonyl (C=O) groups is 2. The maximum absolute atomic E-state index is 13.1. The van der Waals surface area contributed by atoms with Crippen molar-refractivity contribution in [3.05, 3.63) is 65.5 Å². The van der Waals surface area contributed by atoms with Crippen LogP contribution in [0.4, 0.5) is 11.5 Å². The molecule has 0 spiro atoms. The number of pyridine rings is 1. The van der Waals surface area contributed by atoms with E-state index in [0.29, 0.717) is 17.5 Å². The Balaban J connectivity index is 1.35. The molecule has 7 nitrogen and oxygen atoms in total. The van der Waals surface area contributed by atoms with E-state index in [-0.39, 0.29) is 29.9 Å². The number of rotatable bonds is 9. The van der Waals surface area contributed by atoms with Crippen LogP contribution in [0.25, 0.3) is 0 Å². The van der Waals surface area contributed by atoms with E-state index in [1.165, 1.54) is 12.8 Å². The Bertz CT molecular complexity index is 1110. The van der Waals surface area contributed by atoms with E-state index in [1.54, 1.807) is 18.0 Å². The third kappa shape index (κ3) is 6.86. The van der Waals surface area contributed by atoms with E-state index in [2.05, 4.69) is 45.6 Å². The molecular formula is C29H39N5O2S. The van der Waals surface area contributed by atoms with Gasteiger partial charge in [-0.1, -0.05) is 25.5 Å². The molecule has 0 bridgehead atoms. The van der Waals surface area contributed by atoms with Crippen molar-refractivity contribution in [2.45, 2.75) is 70.5 Å². The molecule has 0 radical (unpaired) electrons.